The SMILES string of the molecule is CC/C=C\C/C=C\C/C=C\CCCCCC(=O)OCC(COC(=O)CCCCCCCCCCCCC/C=C\C/C=C\CCCCCCC)OC(=O)CCCCCCCCC/C=C\CCCCCCCC. The number of carbonyl (C=O) groups is 3. The maximum absolute atomic E-state index is 12.9. The monoisotopic (exact) mass is 991 g/mol. The molecule has 6 nitrogen and oxygen atoms in total. The van der Waals surface area contributed by atoms with Gasteiger partial charge in [-0.05, 0) is 109 Å². The van der Waals surface area contributed by atoms with Crippen LogP contribution in [0.25, 0.3) is 0 Å². The Bertz CT molecular complexity index is 1320. The molecule has 0 N–H and O–H groups in total. The number of hydrogen-bond acceptors (Lipinski definition) is 6. The summed E-state index contributed by atoms with van der Waals surface area (Å²) in [6.07, 6.45) is 76.2. The summed E-state index contributed by atoms with van der Waals surface area (Å²) in [6, 6.07) is 0. The van der Waals surface area contributed by atoms with E-state index in [1.54, 1.807) is 0 Å². The molecule has 0 bridgehead atoms. The summed E-state index contributed by atoms with van der Waals surface area (Å²) in [4.78, 5) is 38.2. The molecule has 0 rings (SSSR count). The summed E-state index contributed by atoms with van der Waals surface area (Å²) in [7, 11) is 0. The molecule has 0 spiro atoms. The molecule has 71 heavy (non-hydrogen) atoms. The van der Waals surface area contributed by atoms with Gasteiger partial charge in [-0.25, -0.2) is 0 Å². The lowest BCUT2D eigenvalue weighted by atomic mass is 10.0. The number of rotatable bonds is 55. The molecule has 0 amide bonds. The number of hydrogen-bond donors (Lipinski definition) is 0. The van der Waals surface area contributed by atoms with Crippen LogP contribution in [0.1, 0.15) is 303 Å². The maximum atomic E-state index is 12.9. The van der Waals surface area contributed by atoms with Gasteiger partial charge < -0.3 is 14.2 Å². The second-order valence-corrected chi connectivity index (χ2v) is 20.2. The minimum absolute atomic E-state index is 0.0866. The van der Waals surface area contributed by atoms with Gasteiger partial charge in [-0.1, -0.05) is 248 Å². The minimum Gasteiger partial charge on any atom is -0.462 e. The molecule has 410 valence electrons. The van der Waals surface area contributed by atoms with Crippen molar-refractivity contribution in [3.8, 4) is 0 Å². The van der Waals surface area contributed by atoms with Gasteiger partial charge in [0, 0.05) is 19.3 Å². The molecular formula is C65H114O6. The summed E-state index contributed by atoms with van der Waals surface area (Å²) in [5, 5.41) is 0. The van der Waals surface area contributed by atoms with Gasteiger partial charge in [-0.15, -0.1) is 0 Å². The number of carbonyl (C=O) groups excluding carboxylic acids is 3. The normalized spacial score (nSPS) is 12.5. The van der Waals surface area contributed by atoms with Crippen molar-refractivity contribution in [3.05, 3.63) is 72.9 Å². The van der Waals surface area contributed by atoms with E-state index in [-0.39, 0.29) is 31.1 Å². The average Bonchev–Trinajstić information content (AvgIpc) is 3.37. The van der Waals surface area contributed by atoms with Crippen molar-refractivity contribution in [2.45, 2.75) is 309 Å². The Morgan fingerprint density at radius 2 is 0.549 bits per heavy atom. The smallest absolute Gasteiger partial charge is 0.306 e. The van der Waals surface area contributed by atoms with Crippen LogP contribution < -0.4 is 0 Å². The molecular weight excluding hydrogens is 877 g/mol. The van der Waals surface area contributed by atoms with Crippen molar-refractivity contribution < 1.29 is 28.6 Å². The highest BCUT2D eigenvalue weighted by Crippen LogP contribution is 2.16. The highest BCUT2D eigenvalue weighted by molar-refractivity contribution is 5.71. The van der Waals surface area contributed by atoms with Crippen LogP contribution in [0.15, 0.2) is 72.9 Å². The standard InChI is InChI=1S/C65H114O6/c1-4-7-10-13-16-19-22-25-27-29-30-31-32-33-34-36-37-40-43-46-49-52-55-58-64(67)70-61-62(60-69-63(66)57-54-51-48-45-42-39-24-21-18-15-12-9-6-3)71-65(68)59-56-53-50-47-44-41-38-35-28-26-23-20-17-14-11-8-5-2/h9,12,18,21-22,25-26,28-30,39,42,62H,4-8,10-11,13-17,19-20,23-24,27,31-38,40-41,43-61H2,1-3H3/b12-9-,21-18-,25-22-,28-26-,30-29-,42-39-. The van der Waals surface area contributed by atoms with Crippen molar-refractivity contribution in [1.82, 2.24) is 0 Å². The van der Waals surface area contributed by atoms with Gasteiger partial charge in [0.15, 0.2) is 6.10 Å². The molecule has 0 aromatic carbocycles. The van der Waals surface area contributed by atoms with Crippen LogP contribution in [-0.2, 0) is 28.6 Å². The summed E-state index contributed by atoms with van der Waals surface area (Å²) in [5.41, 5.74) is 0. The highest BCUT2D eigenvalue weighted by atomic mass is 16.6. The minimum atomic E-state index is -0.791. The van der Waals surface area contributed by atoms with Gasteiger partial charge in [-0.3, -0.25) is 14.4 Å². The molecule has 0 fully saturated rings. The Morgan fingerprint density at radius 1 is 0.296 bits per heavy atom. The number of esters is 3. The summed E-state index contributed by atoms with van der Waals surface area (Å²) >= 11 is 0. The third kappa shape index (κ3) is 57.6. The number of unbranched alkanes of at least 4 members (excludes halogenated alkanes) is 32. The zero-order chi connectivity index (χ0) is 51.4. The third-order valence-corrected chi connectivity index (χ3v) is 13.2. The summed E-state index contributed by atoms with van der Waals surface area (Å²) in [6.45, 7) is 6.51. The van der Waals surface area contributed by atoms with Gasteiger partial charge in [0.25, 0.3) is 0 Å². The van der Waals surface area contributed by atoms with E-state index in [0.717, 1.165) is 89.9 Å². The fourth-order valence-corrected chi connectivity index (χ4v) is 8.60. The van der Waals surface area contributed by atoms with Crippen LogP contribution in [0, 0.1) is 0 Å². The average molecular weight is 992 g/mol. The van der Waals surface area contributed by atoms with Crippen molar-refractivity contribution >= 4 is 17.9 Å². The van der Waals surface area contributed by atoms with Crippen molar-refractivity contribution in [2.75, 3.05) is 13.2 Å². The van der Waals surface area contributed by atoms with E-state index in [9.17, 15) is 14.4 Å². The summed E-state index contributed by atoms with van der Waals surface area (Å²) in [5.74, 6) is -0.913. The van der Waals surface area contributed by atoms with Crippen molar-refractivity contribution in [2.24, 2.45) is 0 Å². The van der Waals surface area contributed by atoms with E-state index in [0.29, 0.717) is 19.3 Å². The highest BCUT2D eigenvalue weighted by Gasteiger charge is 2.19. The Balaban J connectivity index is 4.33. The van der Waals surface area contributed by atoms with Crippen LogP contribution in [0.2, 0.25) is 0 Å². The second-order valence-electron chi connectivity index (χ2n) is 20.2. The lowest BCUT2D eigenvalue weighted by Crippen LogP contribution is -2.30. The fourth-order valence-electron chi connectivity index (χ4n) is 8.60. The van der Waals surface area contributed by atoms with E-state index < -0.39 is 6.10 Å². The first-order valence-corrected chi connectivity index (χ1v) is 30.4. The first-order chi connectivity index (χ1) is 35.0. The van der Waals surface area contributed by atoms with E-state index >= 15 is 0 Å². The van der Waals surface area contributed by atoms with E-state index in [2.05, 4.69) is 93.7 Å². The zero-order valence-corrected chi connectivity index (χ0v) is 47.0. The topological polar surface area (TPSA) is 78.9 Å². The molecule has 6 heteroatoms. The molecule has 0 aromatic rings. The number of ether oxygens (including phenoxy) is 3. The largest absolute Gasteiger partial charge is 0.462 e. The molecule has 0 heterocycles. The lowest BCUT2D eigenvalue weighted by molar-refractivity contribution is -0.167. The molecule has 0 aliphatic carbocycles. The third-order valence-electron chi connectivity index (χ3n) is 13.2. The first-order valence-electron chi connectivity index (χ1n) is 30.4. The molecule has 0 saturated heterocycles. The maximum Gasteiger partial charge on any atom is 0.306 e. The Kier molecular flexibility index (Phi) is 56.8. The molecule has 0 saturated carbocycles. The van der Waals surface area contributed by atoms with Gasteiger partial charge in [0.2, 0.25) is 0 Å². The number of allylic oxidation sites excluding steroid dienone is 12. The summed E-state index contributed by atoms with van der Waals surface area (Å²) < 4.78 is 16.9. The Labute approximate surface area is 440 Å². The quantitative estimate of drug-likeness (QED) is 0.0261. The van der Waals surface area contributed by atoms with Crippen LogP contribution >= 0.6 is 0 Å². The first kappa shape index (κ1) is 67.8. The second kappa shape index (κ2) is 59.4. The Morgan fingerprint density at radius 3 is 0.887 bits per heavy atom. The van der Waals surface area contributed by atoms with Gasteiger partial charge in [-0.2, -0.15) is 0 Å². The van der Waals surface area contributed by atoms with E-state index in [4.69, 9.17) is 14.2 Å². The fraction of sp³-hybridized carbons (Fsp3) is 0.769. The molecule has 0 aliphatic heterocycles. The molecule has 0 aliphatic rings. The Hall–Kier alpha value is -3.15. The van der Waals surface area contributed by atoms with E-state index in [1.165, 1.54) is 173 Å². The predicted octanol–water partition coefficient (Wildman–Crippen LogP) is 20.5. The van der Waals surface area contributed by atoms with Crippen LogP contribution in [-0.4, -0.2) is 37.2 Å². The predicted molar refractivity (Wildman–Crippen MR) is 307 cm³/mol. The molecule has 0 radical (unpaired) electrons. The molecule has 0 aromatic heterocycles. The lowest BCUT2D eigenvalue weighted by Gasteiger charge is -2.18. The van der Waals surface area contributed by atoms with Gasteiger partial charge >= 0.3 is 17.9 Å². The van der Waals surface area contributed by atoms with Gasteiger partial charge in [0.05, 0.1) is 0 Å². The molecule has 1 atom stereocenters. The van der Waals surface area contributed by atoms with E-state index in [1.807, 2.05) is 0 Å². The van der Waals surface area contributed by atoms with Gasteiger partial charge in [0.1, 0.15) is 13.2 Å². The van der Waals surface area contributed by atoms with Crippen LogP contribution in [0.4, 0.5) is 0 Å². The molecule has 1 unspecified atom stereocenters. The van der Waals surface area contributed by atoms with Crippen molar-refractivity contribution in [3.63, 3.8) is 0 Å². The van der Waals surface area contributed by atoms with Crippen LogP contribution in [0.3, 0.4) is 0 Å². The van der Waals surface area contributed by atoms with Crippen LogP contribution in [0.5, 0.6) is 0 Å². The van der Waals surface area contributed by atoms with Crippen molar-refractivity contribution in [1.29, 1.82) is 0 Å². The zero-order valence-electron chi connectivity index (χ0n) is 47.0.